The molecule has 9 aromatic rings. The molecular weight excluding hydrogens is 597 g/mol. The van der Waals surface area contributed by atoms with Gasteiger partial charge in [-0.3, -0.25) is 0 Å². The Labute approximate surface area is 291 Å². The minimum atomic E-state index is -0.443. The minimum Gasteiger partial charge on any atom is -0.309 e. The van der Waals surface area contributed by atoms with E-state index in [1.165, 1.54) is 10.8 Å². The second-order valence-electron chi connectivity index (χ2n) is 11.7. The molecule has 49 heavy (non-hydrogen) atoms. The first-order chi connectivity index (χ1) is 26.4. The number of hydrogen-bond acceptors (Lipinski definition) is 3. The van der Waals surface area contributed by atoms with Crippen LogP contribution in [-0.4, -0.2) is 19.5 Å². The molecule has 2 aromatic heterocycles. The Kier molecular flexibility index (Phi) is 5.87. The first-order valence-electron chi connectivity index (χ1n) is 18.6. The Balaban J connectivity index is 1.18. The van der Waals surface area contributed by atoms with Gasteiger partial charge in [0.1, 0.15) is 0 Å². The fourth-order valence-electron chi connectivity index (χ4n) is 6.52. The number of aromatic nitrogens is 4. The van der Waals surface area contributed by atoms with E-state index in [4.69, 9.17) is 21.8 Å². The molecule has 0 aliphatic rings. The van der Waals surface area contributed by atoms with Crippen molar-refractivity contribution in [3.63, 3.8) is 0 Å². The van der Waals surface area contributed by atoms with E-state index in [0.29, 0.717) is 28.6 Å². The molecule has 0 saturated carbocycles. The SMILES string of the molecule is [2H]c1c([2H])c([2H])c(-c2ccccc2-c2nc(-c3ccccc3)nc(-c3ccc(-c4ccccc4-n4c5ccccc5c5ccccc54)cc3)n2)c([2H])c1[2H]. The molecule has 0 fully saturated rings. The predicted molar refractivity (Wildman–Crippen MR) is 201 cm³/mol. The molecular formula is C45H30N4. The molecule has 0 atom stereocenters. The van der Waals surface area contributed by atoms with Crippen LogP contribution in [-0.2, 0) is 0 Å². The van der Waals surface area contributed by atoms with Crippen molar-refractivity contribution in [2.24, 2.45) is 0 Å². The highest BCUT2D eigenvalue weighted by Gasteiger charge is 2.17. The third kappa shape index (κ3) is 5.16. The van der Waals surface area contributed by atoms with E-state index in [1.54, 1.807) is 18.2 Å². The molecule has 0 amide bonds. The zero-order valence-corrected chi connectivity index (χ0v) is 26.2. The van der Waals surface area contributed by atoms with E-state index < -0.39 is 18.1 Å². The summed E-state index contributed by atoms with van der Waals surface area (Å²) in [5, 5.41) is 2.40. The summed E-state index contributed by atoms with van der Waals surface area (Å²) in [5.41, 5.74) is 8.05. The van der Waals surface area contributed by atoms with Gasteiger partial charge >= 0.3 is 0 Å². The van der Waals surface area contributed by atoms with Crippen LogP contribution in [0.3, 0.4) is 0 Å². The zero-order chi connectivity index (χ0) is 36.9. The molecule has 7 aromatic carbocycles. The maximum absolute atomic E-state index is 8.69. The summed E-state index contributed by atoms with van der Waals surface area (Å²) in [6.07, 6.45) is 0. The molecule has 2 heterocycles. The normalized spacial score (nSPS) is 12.7. The summed E-state index contributed by atoms with van der Waals surface area (Å²) in [5.74, 6) is 1.21. The van der Waals surface area contributed by atoms with Gasteiger partial charge in [-0.15, -0.1) is 0 Å². The van der Waals surface area contributed by atoms with Crippen LogP contribution >= 0.6 is 0 Å². The van der Waals surface area contributed by atoms with Gasteiger partial charge in [0.15, 0.2) is 17.5 Å². The molecule has 0 aliphatic heterocycles. The monoisotopic (exact) mass is 631 g/mol. The van der Waals surface area contributed by atoms with E-state index in [-0.39, 0.29) is 17.6 Å². The minimum absolute atomic E-state index is 0.0890. The van der Waals surface area contributed by atoms with Crippen molar-refractivity contribution in [2.45, 2.75) is 0 Å². The van der Waals surface area contributed by atoms with Gasteiger partial charge in [0, 0.05) is 33.0 Å². The van der Waals surface area contributed by atoms with Crippen LogP contribution in [0.1, 0.15) is 6.85 Å². The Morgan fingerprint density at radius 2 is 0.857 bits per heavy atom. The van der Waals surface area contributed by atoms with E-state index in [9.17, 15) is 0 Å². The van der Waals surface area contributed by atoms with Crippen LogP contribution in [0.2, 0.25) is 0 Å². The van der Waals surface area contributed by atoms with Gasteiger partial charge in [-0.05, 0) is 34.9 Å². The zero-order valence-electron chi connectivity index (χ0n) is 31.2. The highest BCUT2D eigenvalue weighted by atomic mass is 15.0. The van der Waals surface area contributed by atoms with Crippen LogP contribution in [0, 0.1) is 0 Å². The molecule has 0 radical (unpaired) electrons. The van der Waals surface area contributed by atoms with Crippen LogP contribution in [0.5, 0.6) is 0 Å². The third-order valence-corrected chi connectivity index (χ3v) is 8.78. The van der Waals surface area contributed by atoms with Crippen LogP contribution in [0.15, 0.2) is 182 Å². The number of benzene rings is 7. The number of nitrogens with zero attached hydrogens (tertiary/aromatic N) is 4. The molecule has 230 valence electrons. The smallest absolute Gasteiger partial charge is 0.164 e. The van der Waals surface area contributed by atoms with Gasteiger partial charge < -0.3 is 4.57 Å². The first kappa shape index (κ1) is 23.6. The van der Waals surface area contributed by atoms with Crippen molar-refractivity contribution in [3.05, 3.63) is 182 Å². The summed E-state index contributed by atoms with van der Waals surface area (Å²) in [6.45, 7) is 0. The molecule has 0 saturated heterocycles. The lowest BCUT2D eigenvalue weighted by Gasteiger charge is -2.15. The van der Waals surface area contributed by atoms with E-state index >= 15 is 0 Å². The quantitative estimate of drug-likeness (QED) is 0.183. The maximum atomic E-state index is 8.69. The highest BCUT2D eigenvalue weighted by molar-refractivity contribution is 6.09. The lowest BCUT2D eigenvalue weighted by molar-refractivity contribution is 1.07. The van der Waals surface area contributed by atoms with E-state index in [1.807, 2.05) is 48.5 Å². The fraction of sp³-hybridized carbons (Fsp3) is 0. The average molecular weight is 632 g/mol. The fourth-order valence-corrected chi connectivity index (χ4v) is 6.52. The number of hydrogen-bond donors (Lipinski definition) is 0. The lowest BCUT2D eigenvalue weighted by Crippen LogP contribution is -2.01. The van der Waals surface area contributed by atoms with Crippen molar-refractivity contribution < 1.29 is 6.85 Å². The van der Waals surface area contributed by atoms with Gasteiger partial charge in [0.05, 0.1) is 23.6 Å². The summed E-state index contributed by atoms with van der Waals surface area (Å²) in [6, 6.07) is 48.5. The van der Waals surface area contributed by atoms with Gasteiger partial charge in [-0.1, -0.05) is 164 Å². The second-order valence-corrected chi connectivity index (χ2v) is 11.7. The molecule has 0 N–H and O–H groups in total. The molecule has 4 nitrogen and oxygen atoms in total. The van der Waals surface area contributed by atoms with Gasteiger partial charge in [-0.25, -0.2) is 15.0 Å². The van der Waals surface area contributed by atoms with Gasteiger partial charge in [-0.2, -0.15) is 0 Å². The highest BCUT2D eigenvalue weighted by Crippen LogP contribution is 2.37. The Morgan fingerprint density at radius 1 is 0.367 bits per heavy atom. The predicted octanol–water partition coefficient (Wildman–Crippen LogP) is 11.3. The molecule has 0 aliphatic carbocycles. The van der Waals surface area contributed by atoms with Crippen molar-refractivity contribution in [3.8, 4) is 62.1 Å². The van der Waals surface area contributed by atoms with Crippen LogP contribution < -0.4 is 0 Å². The molecule has 0 spiro atoms. The number of fused-ring (bicyclic) bond motifs is 3. The van der Waals surface area contributed by atoms with Crippen molar-refractivity contribution in [1.29, 1.82) is 0 Å². The largest absolute Gasteiger partial charge is 0.309 e. The summed E-state index contributed by atoms with van der Waals surface area (Å²) in [4.78, 5) is 14.8. The molecule has 0 unspecified atom stereocenters. The van der Waals surface area contributed by atoms with Crippen molar-refractivity contribution >= 4 is 21.8 Å². The standard InChI is InChI=1S/C45H30N4/c1-3-15-31(16-4-1)35-19-7-8-23-39(35)45-47-43(33-17-5-2-6-18-33)46-44(48-45)34-29-27-32(28-30-34)36-20-9-12-24-40(36)49-41-25-13-10-21-37(41)38-22-11-14-26-42(38)49/h1-30H/i1D,3D,4D,15D,16D. The summed E-state index contributed by atoms with van der Waals surface area (Å²) >= 11 is 0. The Morgan fingerprint density at radius 3 is 1.53 bits per heavy atom. The Bertz CT molecular complexity index is 2810. The number of para-hydroxylation sites is 3. The number of rotatable bonds is 6. The molecule has 0 bridgehead atoms. The van der Waals surface area contributed by atoms with E-state index in [2.05, 4.69) is 89.5 Å². The van der Waals surface area contributed by atoms with Gasteiger partial charge in [0.2, 0.25) is 0 Å². The third-order valence-electron chi connectivity index (χ3n) is 8.78. The molecule has 4 heteroatoms. The van der Waals surface area contributed by atoms with Crippen LogP contribution in [0.25, 0.3) is 83.9 Å². The topological polar surface area (TPSA) is 43.6 Å². The first-order valence-corrected chi connectivity index (χ1v) is 16.1. The van der Waals surface area contributed by atoms with Crippen molar-refractivity contribution in [2.75, 3.05) is 0 Å². The van der Waals surface area contributed by atoms with Crippen LogP contribution in [0.4, 0.5) is 0 Å². The lowest BCUT2D eigenvalue weighted by atomic mass is 9.99. The average Bonchev–Trinajstić information content (AvgIpc) is 3.57. The second kappa shape index (κ2) is 12.2. The Hall–Kier alpha value is -6.65. The van der Waals surface area contributed by atoms with Crippen molar-refractivity contribution in [1.82, 2.24) is 19.5 Å². The maximum Gasteiger partial charge on any atom is 0.164 e. The molecule has 9 rings (SSSR count). The van der Waals surface area contributed by atoms with Gasteiger partial charge in [0.25, 0.3) is 0 Å². The summed E-state index contributed by atoms with van der Waals surface area (Å²) in [7, 11) is 0. The summed E-state index contributed by atoms with van der Waals surface area (Å²) < 4.78 is 44.4. The van der Waals surface area contributed by atoms with E-state index in [0.717, 1.165) is 39.0 Å².